The summed E-state index contributed by atoms with van der Waals surface area (Å²) in [5.74, 6) is 0.0540. The molecule has 0 heterocycles. The second-order valence-electron chi connectivity index (χ2n) is 6.12. The number of hydrogen-bond donors (Lipinski definition) is 3. The first kappa shape index (κ1) is 22.3. The minimum absolute atomic E-state index is 0.0256. The van der Waals surface area contributed by atoms with E-state index >= 15 is 0 Å². The third-order valence-corrected chi connectivity index (χ3v) is 4.01. The summed E-state index contributed by atoms with van der Waals surface area (Å²) in [5, 5.41) is 8.55. The van der Waals surface area contributed by atoms with Crippen LogP contribution in [0.2, 0.25) is 0 Å². The van der Waals surface area contributed by atoms with Crippen molar-refractivity contribution in [1.82, 2.24) is 5.32 Å². The van der Waals surface area contributed by atoms with Crippen molar-refractivity contribution in [3.05, 3.63) is 54.1 Å². The van der Waals surface area contributed by atoms with Crippen LogP contribution in [0.3, 0.4) is 0 Å². The van der Waals surface area contributed by atoms with E-state index in [0.717, 1.165) is 6.42 Å². The second-order valence-corrected chi connectivity index (χ2v) is 6.53. The molecule has 0 atom stereocenters. The highest BCUT2D eigenvalue weighted by Crippen LogP contribution is 2.18. The minimum Gasteiger partial charge on any atom is -0.490 e. The van der Waals surface area contributed by atoms with Crippen LogP contribution < -0.4 is 20.7 Å². The van der Waals surface area contributed by atoms with Crippen molar-refractivity contribution in [3.8, 4) is 5.75 Å². The number of hydrogen-bond acceptors (Lipinski definition) is 5. The van der Waals surface area contributed by atoms with E-state index in [1.165, 1.54) is 0 Å². The molecule has 7 nitrogen and oxygen atoms in total. The third kappa shape index (κ3) is 7.52. The van der Waals surface area contributed by atoms with E-state index in [9.17, 15) is 9.59 Å². The van der Waals surface area contributed by atoms with Gasteiger partial charge in [-0.15, -0.1) is 0 Å². The van der Waals surface area contributed by atoms with Gasteiger partial charge in [-0.2, -0.15) is 0 Å². The molecule has 2 aromatic carbocycles. The molecule has 0 aliphatic rings. The molecule has 0 aromatic heterocycles. The maximum Gasteiger partial charge on any atom is 0.261 e. The van der Waals surface area contributed by atoms with E-state index in [0.29, 0.717) is 42.3 Å². The zero-order valence-corrected chi connectivity index (χ0v) is 17.3. The Morgan fingerprint density at radius 2 is 1.62 bits per heavy atom. The normalized spacial score (nSPS) is 10.1. The van der Waals surface area contributed by atoms with Gasteiger partial charge in [-0.25, -0.2) is 0 Å². The minimum atomic E-state index is -0.376. The van der Waals surface area contributed by atoms with Crippen LogP contribution in [0.15, 0.2) is 48.5 Å². The molecule has 0 saturated heterocycles. The predicted molar refractivity (Wildman–Crippen MR) is 117 cm³/mol. The monoisotopic (exact) mass is 415 g/mol. The van der Waals surface area contributed by atoms with Crippen LogP contribution >= 0.6 is 12.2 Å². The summed E-state index contributed by atoms with van der Waals surface area (Å²) in [5.41, 5.74) is 1.77. The van der Waals surface area contributed by atoms with Crippen LogP contribution in [0, 0.1) is 0 Å². The maximum atomic E-state index is 12.5. The first-order chi connectivity index (χ1) is 14.0. The molecule has 0 radical (unpaired) electrons. The molecular weight excluding hydrogens is 390 g/mol. The van der Waals surface area contributed by atoms with Gasteiger partial charge in [-0.1, -0.05) is 19.1 Å². The predicted octanol–water partition coefficient (Wildman–Crippen LogP) is 3.58. The van der Waals surface area contributed by atoms with Crippen molar-refractivity contribution in [3.63, 3.8) is 0 Å². The molecule has 8 heteroatoms. The summed E-state index contributed by atoms with van der Waals surface area (Å²) >= 11 is 5.23. The summed E-state index contributed by atoms with van der Waals surface area (Å²) in [4.78, 5) is 24.2. The lowest BCUT2D eigenvalue weighted by atomic mass is 10.2. The molecule has 0 saturated carbocycles. The Kier molecular flexibility index (Phi) is 9.07. The Morgan fingerprint density at radius 1 is 0.966 bits per heavy atom. The Hall–Kier alpha value is -2.97. The second kappa shape index (κ2) is 11.8. The molecule has 2 aromatic rings. The molecule has 2 amide bonds. The highest BCUT2D eigenvalue weighted by molar-refractivity contribution is 7.80. The first-order valence-corrected chi connectivity index (χ1v) is 9.67. The van der Waals surface area contributed by atoms with Gasteiger partial charge in [0.05, 0.1) is 12.2 Å². The number of carbonyl (C=O) groups excluding carboxylic acids is 2. The molecule has 3 N–H and O–H groups in total. The number of carbonyl (C=O) groups is 2. The highest BCUT2D eigenvalue weighted by Gasteiger charge is 2.13. The van der Waals surface area contributed by atoms with Gasteiger partial charge in [0.25, 0.3) is 5.91 Å². The number of benzene rings is 2. The van der Waals surface area contributed by atoms with Gasteiger partial charge in [0, 0.05) is 24.9 Å². The van der Waals surface area contributed by atoms with Crippen LogP contribution in [0.4, 0.5) is 11.4 Å². The lowest BCUT2D eigenvalue weighted by Gasteiger charge is -2.13. The van der Waals surface area contributed by atoms with Crippen molar-refractivity contribution < 1.29 is 19.1 Å². The number of methoxy groups -OCH3 is 1. The SMILES string of the molecule is CCCC(=O)Nc1ccc(NC(=S)NC(=O)c2ccccc2OCCOC)cc1. The largest absolute Gasteiger partial charge is 0.490 e. The van der Waals surface area contributed by atoms with E-state index in [-0.39, 0.29) is 16.9 Å². The number of rotatable bonds is 9. The van der Waals surface area contributed by atoms with Crippen LogP contribution in [0.1, 0.15) is 30.1 Å². The summed E-state index contributed by atoms with van der Waals surface area (Å²) in [6.07, 6.45) is 1.27. The zero-order chi connectivity index (χ0) is 21.1. The van der Waals surface area contributed by atoms with Crippen LogP contribution in [0.25, 0.3) is 0 Å². The summed E-state index contributed by atoms with van der Waals surface area (Å²) in [6.45, 7) is 2.71. The fourth-order valence-electron chi connectivity index (χ4n) is 2.44. The first-order valence-electron chi connectivity index (χ1n) is 9.26. The Bertz CT molecular complexity index is 840. The molecule has 0 bridgehead atoms. The summed E-state index contributed by atoms with van der Waals surface area (Å²) < 4.78 is 10.5. The molecular formula is C21H25N3O4S. The van der Waals surface area contributed by atoms with Gasteiger partial charge >= 0.3 is 0 Å². The van der Waals surface area contributed by atoms with Crippen molar-refractivity contribution >= 4 is 40.5 Å². The van der Waals surface area contributed by atoms with Crippen molar-refractivity contribution in [2.45, 2.75) is 19.8 Å². The Morgan fingerprint density at radius 3 is 2.28 bits per heavy atom. The van der Waals surface area contributed by atoms with E-state index in [4.69, 9.17) is 21.7 Å². The zero-order valence-electron chi connectivity index (χ0n) is 16.5. The van der Waals surface area contributed by atoms with Gasteiger partial charge in [0.2, 0.25) is 5.91 Å². The third-order valence-electron chi connectivity index (χ3n) is 3.81. The fraction of sp³-hybridized carbons (Fsp3) is 0.286. The molecule has 0 aliphatic heterocycles. The number of amides is 2. The van der Waals surface area contributed by atoms with Gasteiger partial charge in [-0.05, 0) is 55.0 Å². The molecule has 29 heavy (non-hydrogen) atoms. The highest BCUT2D eigenvalue weighted by atomic mass is 32.1. The number of para-hydroxylation sites is 1. The van der Waals surface area contributed by atoms with Gasteiger partial charge in [0.1, 0.15) is 12.4 Å². The maximum absolute atomic E-state index is 12.5. The van der Waals surface area contributed by atoms with Gasteiger partial charge < -0.3 is 20.1 Å². The molecule has 0 unspecified atom stereocenters. The van der Waals surface area contributed by atoms with Crippen molar-refractivity contribution in [2.75, 3.05) is 31.0 Å². The average Bonchev–Trinajstić information content (AvgIpc) is 2.70. The molecule has 0 aliphatic carbocycles. The molecule has 154 valence electrons. The number of ether oxygens (including phenoxy) is 2. The lowest BCUT2D eigenvalue weighted by molar-refractivity contribution is -0.116. The average molecular weight is 416 g/mol. The number of nitrogens with one attached hydrogen (secondary N) is 3. The van der Waals surface area contributed by atoms with Crippen molar-refractivity contribution in [1.29, 1.82) is 0 Å². The quantitative estimate of drug-likeness (QED) is 0.429. The molecule has 0 spiro atoms. The standard InChI is InChI=1S/C21H25N3O4S/c1-3-6-19(25)22-15-9-11-16(12-10-15)23-21(29)24-20(26)17-7-4-5-8-18(17)28-14-13-27-2/h4-5,7-12H,3,6,13-14H2,1-2H3,(H,22,25)(H2,23,24,26,29). The van der Waals surface area contributed by atoms with Crippen LogP contribution in [-0.2, 0) is 9.53 Å². The molecule has 0 fully saturated rings. The van der Waals surface area contributed by atoms with E-state index < -0.39 is 0 Å². The summed E-state index contributed by atoms with van der Waals surface area (Å²) in [6, 6.07) is 14.0. The summed E-state index contributed by atoms with van der Waals surface area (Å²) in [7, 11) is 1.58. The van der Waals surface area contributed by atoms with E-state index in [1.807, 2.05) is 6.92 Å². The van der Waals surface area contributed by atoms with Crippen LogP contribution in [0.5, 0.6) is 5.75 Å². The fourth-order valence-corrected chi connectivity index (χ4v) is 2.65. The Labute approximate surface area is 175 Å². The topological polar surface area (TPSA) is 88.7 Å². The van der Waals surface area contributed by atoms with Gasteiger partial charge in [-0.3, -0.25) is 14.9 Å². The number of thiocarbonyl (C=S) groups is 1. The number of anilines is 2. The molecule has 2 rings (SSSR count). The van der Waals surface area contributed by atoms with E-state index in [2.05, 4.69) is 16.0 Å². The lowest BCUT2D eigenvalue weighted by Crippen LogP contribution is -2.34. The van der Waals surface area contributed by atoms with Crippen molar-refractivity contribution in [2.24, 2.45) is 0 Å². The van der Waals surface area contributed by atoms with E-state index in [1.54, 1.807) is 55.6 Å². The van der Waals surface area contributed by atoms with Gasteiger partial charge in [0.15, 0.2) is 5.11 Å². The Balaban J connectivity index is 1.92. The van der Waals surface area contributed by atoms with Crippen LogP contribution in [-0.4, -0.2) is 37.3 Å². The smallest absolute Gasteiger partial charge is 0.261 e.